The summed E-state index contributed by atoms with van der Waals surface area (Å²) in [4.78, 5) is 27.6. The molecule has 0 bridgehead atoms. The number of thioether (sulfide) groups is 1. The molecular formula is C11H10N6OS2. The van der Waals surface area contributed by atoms with E-state index in [1.54, 1.807) is 6.33 Å². The molecule has 3 aromatic rings. The maximum Gasteiger partial charge on any atom is 0.275 e. The molecule has 7 nitrogen and oxygen atoms in total. The van der Waals surface area contributed by atoms with Crippen LogP contribution in [-0.2, 0) is 5.75 Å². The van der Waals surface area contributed by atoms with Gasteiger partial charge in [-0.05, 0) is 17.0 Å². The fourth-order valence-electron chi connectivity index (χ4n) is 1.71. The molecule has 3 heterocycles. The van der Waals surface area contributed by atoms with E-state index in [4.69, 9.17) is 5.84 Å². The summed E-state index contributed by atoms with van der Waals surface area (Å²) in [5.41, 5.74) is 4.51. The summed E-state index contributed by atoms with van der Waals surface area (Å²) in [5.74, 6) is 5.52. The topological polar surface area (TPSA) is 110 Å². The highest BCUT2D eigenvalue weighted by Gasteiger charge is 2.13. The van der Waals surface area contributed by atoms with Gasteiger partial charge in [0.25, 0.3) is 5.91 Å². The quantitative estimate of drug-likeness (QED) is 0.220. The van der Waals surface area contributed by atoms with Crippen LogP contribution in [0.1, 0.15) is 15.2 Å². The second-order valence-corrected chi connectivity index (χ2v) is 5.70. The second-order valence-electron chi connectivity index (χ2n) is 3.82. The van der Waals surface area contributed by atoms with E-state index >= 15 is 0 Å². The molecule has 1 amide bonds. The molecule has 0 aliphatic carbocycles. The first-order valence-corrected chi connectivity index (χ1v) is 7.50. The Morgan fingerprint density at radius 2 is 2.35 bits per heavy atom. The lowest BCUT2D eigenvalue weighted by molar-refractivity contribution is 0.0957. The van der Waals surface area contributed by atoms with Crippen LogP contribution >= 0.6 is 23.1 Å². The van der Waals surface area contributed by atoms with Crippen LogP contribution in [0.5, 0.6) is 0 Å². The van der Waals surface area contributed by atoms with Crippen molar-refractivity contribution in [2.45, 2.75) is 10.8 Å². The zero-order chi connectivity index (χ0) is 13.9. The molecule has 9 heteroatoms. The predicted molar refractivity (Wildman–Crippen MR) is 77.2 cm³/mol. The Morgan fingerprint density at radius 3 is 3.20 bits per heavy atom. The van der Waals surface area contributed by atoms with Crippen molar-refractivity contribution in [2.75, 3.05) is 0 Å². The van der Waals surface area contributed by atoms with Crippen LogP contribution in [-0.4, -0.2) is 25.8 Å². The van der Waals surface area contributed by atoms with Crippen LogP contribution in [0.4, 0.5) is 0 Å². The molecule has 0 saturated heterocycles. The number of carbonyl (C=O) groups excluding carboxylic acids is 1. The van der Waals surface area contributed by atoms with Gasteiger partial charge in [0.15, 0.2) is 5.65 Å². The number of imidazole rings is 1. The Labute approximate surface area is 122 Å². The highest BCUT2D eigenvalue weighted by atomic mass is 32.2. The number of aromatic nitrogens is 4. The molecule has 102 valence electrons. The summed E-state index contributed by atoms with van der Waals surface area (Å²) in [6, 6.07) is 1.91. The first-order valence-electron chi connectivity index (χ1n) is 5.64. The average molecular weight is 306 g/mol. The second kappa shape index (κ2) is 5.57. The van der Waals surface area contributed by atoms with Crippen LogP contribution in [0.15, 0.2) is 29.1 Å². The molecule has 3 rings (SSSR count). The third-order valence-corrected chi connectivity index (χ3v) is 4.63. The minimum Gasteiger partial charge on any atom is -0.341 e. The molecule has 4 N–H and O–H groups in total. The molecule has 0 spiro atoms. The van der Waals surface area contributed by atoms with E-state index in [0.29, 0.717) is 16.3 Å². The van der Waals surface area contributed by atoms with Gasteiger partial charge in [-0.3, -0.25) is 10.2 Å². The van der Waals surface area contributed by atoms with Crippen molar-refractivity contribution in [3.63, 3.8) is 0 Å². The number of fused-ring (bicyclic) bond motifs is 1. The fourth-order valence-corrected chi connectivity index (χ4v) is 3.58. The lowest BCUT2D eigenvalue weighted by Crippen LogP contribution is -2.29. The molecule has 3 aromatic heterocycles. The number of nitrogens with one attached hydrogen (secondary N) is 2. The van der Waals surface area contributed by atoms with Gasteiger partial charge in [0, 0.05) is 5.75 Å². The molecule has 0 aromatic carbocycles. The Kier molecular flexibility index (Phi) is 3.63. The van der Waals surface area contributed by atoms with E-state index < -0.39 is 0 Å². The maximum absolute atomic E-state index is 11.6. The van der Waals surface area contributed by atoms with Crippen LogP contribution < -0.4 is 11.3 Å². The van der Waals surface area contributed by atoms with Crippen LogP contribution in [0, 0.1) is 0 Å². The van der Waals surface area contributed by atoms with Gasteiger partial charge >= 0.3 is 0 Å². The summed E-state index contributed by atoms with van der Waals surface area (Å²) in [6.45, 7) is 0. The van der Waals surface area contributed by atoms with Gasteiger partial charge in [-0.1, -0.05) is 11.8 Å². The molecule has 0 fully saturated rings. The molecule has 0 unspecified atom stereocenters. The Bertz CT molecular complexity index is 752. The van der Waals surface area contributed by atoms with Gasteiger partial charge in [-0.25, -0.2) is 20.8 Å². The van der Waals surface area contributed by atoms with Crippen LogP contribution in [0.3, 0.4) is 0 Å². The van der Waals surface area contributed by atoms with E-state index in [0.717, 1.165) is 16.1 Å². The van der Waals surface area contributed by atoms with Crippen molar-refractivity contribution in [3.05, 3.63) is 34.5 Å². The Balaban J connectivity index is 1.82. The first kappa shape index (κ1) is 13.0. The summed E-state index contributed by atoms with van der Waals surface area (Å²) in [6.07, 6.45) is 3.06. The number of nitrogens with two attached hydrogens (primary N) is 1. The standard InChI is InChI=1S/C11H10N6OS2/c12-17-10(18)8-6(1-2-19-8)3-20-11-7-9(14-4-13-7)15-5-16-11/h1-2,4-5H,3,12H2,(H,17,18)(H,13,14,15,16). The third-order valence-electron chi connectivity index (χ3n) is 2.64. The SMILES string of the molecule is NNC(=O)c1sccc1CSc1ncnc2nc[nH]c12. The summed E-state index contributed by atoms with van der Waals surface area (Å²) in [5, 5.41) is 2.67. The highest BCUT2D eigenvalue weighted by molar-refractivity contribution is 7.98. The van der Waals surface area contributed by atoms with Crippen molar-refractivity contribution in [1.82, 2.24) is 25.4 Å². The van der Waals surface area contributed by atoms with Crippen LogP contribution in [0.25, 0.3) is 11.2 Å². The minimum atomic E-state index is -0.273. The van der Waals surface area contributed by atoms with Crippen molar-refractivity contribution in [3.8, 4) is 0 Å². The number of H-pyrrole nitrogens is 1. The van der Waals surface area contributed by atoms with Gasteiger partial charge in [-0.15, -0.1) is 11.3 Å². The zero-order valence-electron chi connectivity index (χ0n) is 10.2. The first-order chi connectivity index (χ1) is 9.79. The average Bonchev–Trinajstić information content (AvgIpc) is 3.12. The van der Waals surface area contributed by atoms with Gasteiger partial charge in [0.2, 0.25) is 0 Å². The van der Waals surface area contributed by atoms with Gasteiger partial charge in [0.1, 0.15) is 16.9 Å². The van der Waals surface area contributed by atoms with Gasteiger partial charge in [0.05, 0.1) is 11.2 Å². The molecule has 0 aliphatic heterocycles. The molecule has 0 saturated carbocycles. The minimum absolute atomic E-state index is 0.273. The number of hydrazine groups is 1. The molecule has 20 heavy (non-hydrogen) atoms. The number of carbonyl (C=O) groups is 1. The maximum atomic E-state index is 11.6. The lowest BCUT2D eigenvalue weighted by atomic mass is 10.3. The Morgan fingerprint density at radius 1 is 1.45 bits per heavy atom. The van der Waals surface area contributed by atoms with E-state index in [1.165, 1.54) is 29.4 Å². The zero-order valence-corrected chi connectivity index (χ0v) is 11.8. The lowest BCUT2D eigenvalue weighted by Gasteiger charge is -2.03. The number of thiophene rings is 1. The number of rotatable bonds is 4. The van der Waals surface area contributed by atoms with Gasteiger partial charge < -0.3 is 4.98 Å². The normalized spacial score (nSPS) is 10.8. The number of nitrogen functional groups attached to an aromatic ring is 1. The smallest absolute Gasteiger partial charge is 0.275 e. The molecule has 0 radical (unpaired) electrons. The number of hydrogen-bond donors (Lipinski definition) is 3. The predicted octanol–water partition coefficient (Wildman–Crippen LogP) is 1.31. The van der Waals surface area contributed by atoms with Crippen LogP contribution in [0.2, 0.25) is 0 Å². The highest BCUT2D eigenvalue weighted by Crippen LogP contribution is 2.28. The van der Waals surface area contributed by atoms with E-state index in [2.05, 4.69) is 25.4 Å². The fraction of sp³-hybridized carbons (Fsp3) is 0.0909. The monoisotopic (exact) mass is 306 g/mol. The largest absolute Gasteiger partial charge is 0.341 e. The number of hydrogen-bond acceptors (Lipinski definition) is 7. The summed E-state index contributed by atoms with van der Waals surface area (Å²) in [7, 11) is 0. The number of nitrogens with zero attached hydrogens (tertiary/aromatic N) is 3. The van der Waals surface area contributed by atoms with E-state index in [9.17, 15) is 4.79 Å². The molecule has 0 atom stereocenters. The summed E-state index contributed by atoms with van der Waals surface area (Å²) < 4.78 is 0. The van der Waals surface area contributed by atoms with Crippen molar-refractivity contribution >= 4 is 40.2 Å². The van der Waals surface area contributed by atoms with Gasteiger partial charge in [-0.2, -0.15) is 0 Å². The van der Waals surface area contributed by atoms with E-state index in [-0.39, 0.29) is 5.91 Å². The number of amides is 1. The van der Waals surface area contributed by atoms with E-state index in [1.807, 2.05) is 11.4 Å². The van der Waals surface area contributed by atoms with Crippen molar-refractivity contribution in [1.29, 1.82) is 0 Å². The molecule has 0 aliphatic rings. The van der Waals surface area contributed by atoms with Crippen molar-refractivity contribution in [2.24, 2.45) is 5.84 Å². The Hall–Kier alpha value is -1.97. The summed E-state index contributed by atoms with van der Waals surface area (Å²) >= 11 is 2.88. The number of aromatic amines is 1. The van der Waals surface area contributed by atoms with Crippen molar-refractivity contribution < 1.29 is 4.79 Å². The third kappa shape index (κ3) is 2.38. The molecular weight excluding hydrogens is 296 g/mol.